The van der Waals surface area contributed by atoms with Gasteiger partial charge >= 0.3 is 0 Å². The van der Waals surface area contributed by atoms with Crippen molar-refractivity contribution in [3.8, 4) is 11.4 Å². The Labute approximate surface area is 195 Å². The van der Waals surface area contributed by atoms with Gasteiger partial charge in [-0.1, -0.05) is 45.0 Å². The fraction of sp³-hybridized carbons (Fsp3) is 0.458. The molecule has 0 amide bonds. The topological polar surface area (TPSA) is 120 Å². The Bertz CT molecular complexity index is 955. The Kier molecular flexibility index (Phi) is 9.17. The summed E-state index contributed by atoms with van der Waals surface area (Å²) in [6, 6.07) is 12.1. The van der Waals surface area contributed by atoms with E-state index in [0.29, 0.717) is 63.8 Å². The van der Waals surface area contributed by atoms with Crippen molar-refractivity contribution in [1.82, 2.24) is 15.0 Å². The molecule has 0 radical (unpaired) electrons. The Morgan fingerprint density at radius 1 is 0.879 bits per heavy atom. The van der Waals surface area contributed by atoms with Gasteiger partial charge in [-0.05, 0) is 23.1 Å². The summed E-state index contributed by atoms with van der Waals surface area (Å²) in [6.45, 7) is 10.2. The molecule has 0 saturated heterocycles. The number of hydrogen-bond donors (Lipinski definition) is 3. The molecule has 9 heteroatoms. The molecule has 4 N–H and O–H groups in total. The lowest BCUT2D eigenvalue weighted by atomic mass is 9.87. The van der Waals surface area contributed by atoms with Gasteiger partial charge in [0.1, 0.15) is 5.76 Å². The molecule has 3 rings (SSSR count). The molecule has 3 aromatic rings. The fourth-order valence-electron chi connectivity index (χ4n) is 3.00. The van der Waals surface area contributed by atoms with E-state index in [4.69, 9.17) is 19.6 Å². The lowest BCUT2D eigenvalue weighted by Crippen LogP contribution is -2.16. The van der Waals surface area contributed by atoms with E-state index in [1.807, 2.05) is 24.3 Å². The van der Waals surface area contributed by atoms with Crippen LogP contribution in [-0.2, 0) is 21.4 Å². The fourth-order valence-corrected chi connectivity index (χ4v) is 3.00. The van der Waals surface area contributed by atoms with E-state index in [1.165, 1.54) is 5.56 Å². The minimum absolute atomic E-state index is 0.0788. The lowest BCUT2D eigenvalue weighted by Gasteiger charge is -2.19. The summed E-state index contributed by atoms with van der Waals surface area (Å²) >= 11 is 0. The quantitative estimate of drug-likeness (QED) is 0.333. The van der Waals surface area contributed by atoms with Gasteiger partial charge in [0.25, 0.3) is 0 Å². The van der Waals surface area contributed by atoms with Gasteiger partial charge in [0, 0.05) is 18.7 Å². The van der Waals surface area contributed by atoms with Gasteiger partial charge in [-0.15, -0.1) is 0 Å². The van der Waals surface area contributed by atoms with Crippen molar-refractivity contribution in [3.05, 3.63) is 54.0 Å². The van der Waals surface area contributed by atoms with Gasteiger partial charge in [-0.25, -0.2) is 0 Å². The van der Waals surface area contributed by atoms with Crippen LogP contribution >= 0.6 is 0 Å². The van der Waals surface area contributed by atoms with E-state index in [0.717, 1.165) is 11.3 Å². The van der Waals surface area contributed by atoms with Crippen LogP contribution in [0.5, 0.6) is 0 Å². The highest BCUT2D eigenvalue weighted by atomic mass is 16.5. The van der Waals surface area contributed by atoms with Crippen molar-refractivity contribution in [2.45, 2.75) is 32.7 Å². The number of nitrogens with zero attached hydrogens (tertiary/aromatic N) is 3. The highest BCUT2D eigenvalue weighted by Crippen LogP contribution is 2.25. The normalized spacial score (nSPS) is 11.5. The highest BCUT2D eigenvalue weighted by Gasteiger charge is 2.14. The van der Waals surface area contributed by atoms with Crippen molar-refractivity contribution in [2.24, 2.45) is 5.73 Å². The van der Waals surface area contributed by atoms with Crippen LogP contribution < -0.4 is 16.4 Å². The standard InChI is InChI=1S/C24H34N6O3/c1-24(2,3)19-8-6-18(7-9-19)21-28-22(26-11-14-32-16-15-31-13-10-25)30-23(29-21)27-17-20-5-4-12-33-20/h4-9,12H,10-11,13-17,25H2,1-3H3,(H2,26,27,28,29,30). The zero-order valence-electron chi connectivity index (χ0n) is 19.6. The van der Waals surface area contributed by atoms with E-state index in [1.54, 1.807) is 6.26 Å². The van der Waals surface area contributed by atoms with E-state index in [9.17, 15) is 0 Å². The van der Waals surface area contributed by atoms with Crippen LogP contribution in [0.3, 0.4) is 0 Å². The van der Waals surface area contributed by atoms with Gasteiger partial charge in [0.15, 0.2) is 5.82 Å². The molecule has 0 atom stereocenters. The lowest BCUT2D eigenvalue weighted by molar-refractivity contribution is 0.0547. The second-order valence-corrected chi connectivity index (χ2v) is 8.51. The van der Waals surface area contributed by atoms with Crippen molar-refractivity contribution in [3.63, 3.8) is 0 Å². The van der Waals surface area contributed by atoms with Gasteiger partial charge in [-0.2, -0.15) is 15.0 Å². The minimum atomic E-state index is 0.0788. The van der Waals surface area contributed by atoms with Gasteiger partial charge < -0.3 is 30.3 Å². The zero-order valence-corrected chi connectivity index (χ0v) is 19.6. The molecule has 0 aliphatic carbocycles. The first kappa shape index (κ1) is 24.6. The molecule has 0 saturated carbocycles. The summed E-state index contributed by atoms with van der Waals surface area (Å²) in [5, 5.41) is 6.42. The molecule has 0 bridgehead atoms. The van der Waals surface area contributed by atoms with Gasteiger partial charge in [-0.3, -0.25) is 0 Å². The predicted molar refractivity (Wildman–Crippen MR) is 129 cm³/mol. The van der Waals surface area contributed by atoms with Gasteiger partial charge in [0.2, 0.25) is 11.9 Å². The van der Waals surface area contributed by atoms with Crippen molar-refractivity contribution < 1.29 is 13.9 Å². The molecule has 0 spiro atoms. The van der Waals surface area contributed by atoms with Crippen molar-refractivity contribution in [2.75, 3.05) is 50.2 Å². The number of ether oxygens (including phenoxy) is 2. The van der Waals surface area contributed by atoms with E-state index in [-0.39, 0.29) is 5.41 Å². The maximum Gasteiger partial charge on any atom is 0.228 e. The summed E-state index contributed by atoms with van der Waals surface area (Å²) in [6.07, 6.45) is 1.64. The number of anilines is 2. The summed E-state index contributed by atoms with van der Waals surface area (Å²) in [5.74, 6) is 2.33. The average Bonchev–Trinajstić information content (AvgIpc) is 3.33. The Hall–Kier alpha value is -3.01. The SMILES string of the molecule is CC(C)(C)c1ccc(-c2nc(NCCOCCOCCN)nc(NCc3ccco3)n2)cc1. The van der Waals surface area contributed by atoms with E-state index in [2.05, 4.69) is 58.5 Å². The number of aromatic nitrogens is 3. The highest BCUT2D eigenvalue weighted by molar-refractivity contribution is 5.58. The summed E-state index contributed by atoms with van der Waals surface area (Å²) in [7, 11) is 0. The van der Waals surface area contributed by atoms with E-state index < -0.39 is 0 Å². The molecule has 0 unspecified atom stereocenters. The first-order chi connectivity index (χ1) is 16.0. The molecular formula is C24H34N6O3. The molecule has 0 aliphatic heterocycles. The number of rotatable bonds is 13. The van der Waals surface area contributed by atoms with Crippen LogP contribution in [0, 0.1) is 0 Å². The molecule has 2 heterocycles. The molecule has 9 nitrogen and oxygen atoms in total. The van der Waals surface area contributed by atoms with Crippen LogP contribution in [0.25, 0.3) is 11.4 Å². The Morgan fingerprint density at radius 2 is 1.58 bits per heavy atom. The maximum atomic E-state index is 5.56. The molecule has 178 valence electrons. The first-order valence-corrected chi connectivity index (χ1v) is 11.2. The first-order valence-electron chi connectivity index (χ1n) is 11.2. The summed E-state index contributed by atoms with van der Waals surface area (Å²) in [4.78, 5) is 13.7. The second kappa shape index (κ2) is 12.3. The molecule has 0 fully saturated rings. The molecular weight excluding hydrogens is 420 g/mol. The van der Waals surface area contributed by atoms with Crippen LogP contribution in [0.2, 0.25) is 0 Å². The predicted octanol–water partition coefficient (Wildman–Crippen LogP) is 3.45. The largest absolute Gasteiger partial charge is 0.467 e. The number of hydrogen-bond acceptors (Lipinski definition) is 9. The number of nitrogens with one attached hydrogen (secondary N) is 2. The molecule has 2 aromatic heterocycles. The van der Waals surface area contributed by atoms with Crippen LogP contribution in [-0.4, -0.2) is 54.5 Å². The smallest absolute Gasteiger partial charge is 0.228 e. The Balaban J connectivity index is 1.67. The van der Waals surface area contributed by atoms with Crippen LogP contribution in [0.1, 0.15) is 32.1 Å². The van der Waals surface area contributed by atoms with Crippen LogP contribution in [0.4, 0.5) is 11.9 Å². The summed E-state index contributed by atoms with van der Waals surface area (Å²) in [5.41, 5.74) is 7.64. The Morgan fingerprint density at radius 3 is 2.21 bits per heavy atom. The third kappa shape index (κ3) is 8.12. The number of furan rings is 1. The minimum Gasteiger partial charge on any atom is -0.467 e. The van der Waals surface area contributed by atoms with Crippen LogP contribution in [0.15, 0.2) is 47.1 Å². The zero-order chi connectivity index (χ0) is 23.5. The number of nitrogens with two attached hydrogens (primary N) is 1. The second-order valence-electron chi connectivity index (χ2n) is 8.51. The molecule has 33 heavy (non-hydrogen) atoms. The monoisotopic (exact) mass is 454 g/mol. The summed E-state index contributed by atoms with van der Waals surface area (Å²) < 4.78 is 16.2. The van der Waals surface area contributed by atoms with Crippen molar-refractivity contribution in [1.29, 1.82) is 0 Å². The molecule has 1 aromatic carbocycles. The number of benzene rings is 1. The average molecular weight is 455 g/mol. The van der Waals surface area contributed by atoms with E-state index >= 15 is 0 Å². The molecule has 0 aliphatic rings. The third-order valence-electron chi connectivity index (χ3n) is 4.81. The van der Waals surface area contributed by atoms with Gasteiger partial charge in [0.05, 0.1) is 39.2 Å². The van der Waals surface area contributed by atoms with Crippen molar-refractivity contribution >= 4 is 11.9 Å². The maximum absolute atomic E-state index is 5.56. The third-order valence-corrected chi connectivity index (χ3v) is 4.81.